The van der Waals surface area contributed by atoms with Gasteiger partial charge in [0.25, 0.3) is 5.91 Å². The van der Waals surface area contributed by atoms with Crippen LogP contribution >= 0.6 is 11.6 Å². The van der Waals surface area contributed by atoms with Crippen LogP contribution in [0.2, 0.25) is 5.02 Å². The number of rotatable bonds is 5. The minimum atomic E-state index is -1.46. The molecular weight excluding hydrogens is 530 g/mol. The Kier molecular flexibility index (Phi) is 7.14. The number of carbonyl (C=O) groups excluding carboxylic acids is 3. The van der Waals surface area contributed by atoms with Crippen molar-refractivity contribution in [2.75, 3.05) is 24.1 Å². The second kappa shape index (κ2) is 10.5. The summed E-state index contributed by atoms with van der Waals surface area (Å²) in [5.41, 5.74) is 5.97. The van der Waals surface area contributed by atoms with Gasteiger partial charge in [0.15, 0.2) is 11.4 Å². The van der Waals surface area contributed by atoms with Gasteiger partial charge in [-0.25, -0.2) is 13.6 Å². The van der Waals surface area contributed by atoms with Gasteiger partial charge >= 0.3 is 6.09 Å². The quantitative estimate of drug-likeness (QED) is 0.398. The van der Waals surface area contributed by atoms with Crippen LogP contribution in [0.4, 0.5) is 25.0 Å². The molecule has 2 heterocycles. The smallest absolute Gasteiger partial charge is 0.412 e. The first-order valence-corrected chi connectivity index (χ1v) is 12.7. The SMILES string of the molecule is Nc1ccc(C(=O)N[C@@H](Cc2ccc(F)cc2)C(=O)N2CCCC3(C2)OC(=O)Nc2ccc(Cl)c(F)c23)cc1. The van der Waals surface area contributed by atoms with Crippen LogP contribution < -0.4 is 16.4 Å². The van der Waals surface area contributed by atoms with E-state index in [4.69, 9.17) is 22.1 Å². The number of hydrogen-bond donors (Lipinski definition) is 3. The molecule has 0 aliphatic carbocycles. The lowest BCUT2D eigenvalue weighted by molar-refractivity contribution is -0.141. The highest BCUT2D eigenvalue weighted by Crippen LogP contribution is 2.45. The predicted octanol–water partition coefficient (Wildman–Crippen LogP) is 4.62. The summed E-state index contributed by atoms with van der Waals surface area (Å²) in [6.45, 7) is 0.155. The number of anilines is 2. The lowest BCUT2D eigenvalue weighted by Crippen LogP contribution is -2.57. The van der Waals surface area contributed by atoms with Gasteiger partial charge in [0.05, 0.1) is 22.8 Å². The molecule has 2 atom stereocenters. The predicted molar refractivity (Wildman–Crippen MR) is 141 cm³/mol. The van der Waals surface area contributed by atoms with E-state index in [2.05, 4.69) is 10.6 Å². The summed E-state index contributed by atoms with van der Waals surface area (Å²) >= 11 is 6.05. The van der Waals surface area contributed by atoms with E-state index < -0.39 is 41.2 Å². The molecule has 0 bridgehead atoms. The summed E-state index contributed by atoms with van der Waals surface area (Å²) in [6, 6.07) is 13.6. The van der Waals surface area contributed by atoms with E-state index in [1.165, 1.54) is 53.4 Å². The van der Waals surface area contributed by atoms with Gasteiger partial charge in [-0.15, -0.1) is 0 Å². The van der Waals surface area contributed by atoms with Crippen molar-refractivity contribution in [2.45, 2.75) is 30.9 Å². The molecule has 0 radical (unpaired) electrons. The van der Waals surface area contributed by atoms with Crippen LogP contribution in [0.25, 0.3) is 0 Å². The number of nitrogen functional groups attached to an aromatic ring is 1. The monoisotopic (exact) mass is 554 g/mol. The third-order valence-electron chi connectivity index (χ3n) is 6.97. The first-order valence-electron chi connectivity index (χ1n) is 12.3. The lowest BCUT2D eigenvalue weighted by Gasteiger charge is -2.45. The van der Waals surface area contributed by atoms with Gasteiger partial charge in [0, 0.05) is 24.2 Å². The first-order chi connectivity index (χ1) is 18.6. The summed E-state index contributed by atoms with van der Waals surface area (Å²) in [7, 11) is 0. The first kappa shape index (κ1) is 26.4. The van der Waals surface area contributed by atoms with Crippen molar-refractivity contribution in [2.24, 2.45) is 0 Å². The Morgan fingerprint density at radius 3 is 2.54 bits per heavy atom. The maximum absolute atomic E-state index is 15.3. The van der Waals surface area contributed by atoms with Gasteiger partial charge < -0.3 is 20.7 Å². The minimum absolute atomic E-state index is 0.0709. The van der Waals surface area contributed by atoms with E-state index >= 15 is 4.39 Å². The zero-order valence-electron chi connectivity index (χ0n) is 20.7. The van der Waals surface area contributed by atoms with Crippen LogP contribution in [0, 0.1) is 11.6 Å². The highest BCUT2D eigenvalue weighted by Gasteiger charge is 2.49. The van der Waals surface area contributed by atoms with Crippen molar-refractivity contribution < 1.29 is 27.9 Å². The number of nitrogens with zero attached hydrogens (tertiary/aromatic N) is 1. The summed E-state index contributed by atoms with van der Waals surface area (Å²) < 4.78 is 34.4. The fourth-order valence-corrected chi connectivity index (χ4v) is 5.27. The van der Waals surface area contributed by atoms with Crippen LogP contribution in [-0.2, 0) is 21.6 Å². The van der Waals surface area contributed by atoms with Crippen molar-refractivity contribution in [3.63, 3.8) is 0 Å². The molecule has 5 rings (SSSR count). The van der Waals surface area contributed by atoms with Crippen LogP contribution in [0.1, 0.15) is 34.3 Å². The van der Waals surface area contributed by atoms with E-state index in [1.807, 2.05) is 0 Å². The number of amides is 3. The number of nitrogens with two attached hydrogens (primary N) is 1. The summed E-state index contributed by atoms with van der Waals surface area (Å²) in [5, 5.41) is 5.13. The molecule has 1 fully saturated rings. The van der Waals surface area contributed by atoms with E-state index in [1.54, 1.807) is 12.1 Å². The average Bonchev–Trinajstić information content (AvgIpc) is 2.91. The average molecular weight is 555 g/mol. The van der Waals surface area contributed by atoms with Crippen LogP contribution in [0.3, 0.4) is 0 Å². The third-order valence-corrected chi connectivity index (χ3v) is 7.26. The minimum Gasteiger partial charge on any atom is -0.436 e. The van der Waals surface area contributed by atoms with Crippen molar-refractivity contribution in [3.8, 4) is 0 Å². The van der Waals surface area contributed by atoms with Gasteiger partial charge in [-0.1, -0.05) is 23.7 Å². The molecule has 4 N–H and O–H groups in total. The normalized spacial score (nSPS) is 19.1. The molecule has 11 heteroatoms. The standard InChI is InChI=1S/C28H25ClF2N4O4/c29-20-10-11-21-23(24(20)31)28(39-27(38)34-21)12-1-13-35(15-28)26(37)22(14-16-2-6-18(30)7-3-16)33-25(36)17-4-8-19(32)9-5-17/h2-11,22H,1,12-15,32H2,(H,33,36)(H,34,38)/t22-,28?/m0/s1. The Labute approximate surface area is 228 Å². The van der Waals surface area contributed by atoms with Gasteiger partial charge in [0.2, 0.25) is 5.91 Å². The Bertz CT molecular complexity index is 1430. The Morgan fingerprint density at radius 1 is 1.10 bits per heavy atom. The number of nitrogens with one attached hydrogen (secondary N) is 2. The summed E-state index contributed by atoms with van der Waals surface area (Å²) in [4.78, 5) is 40.8. The van der Waals surface area contributed by atoms with Crippen LogP contribution in [0.5, 0.6) is 0 Å². The Hall–Kier alpha value is -4.18. The number of halogens is 3. The zero-order valence-corrected chi connectivity index (χ0v) is 21.4. The van der Waals surface area contributed by atoms with Gasteiger partial charge in [-0.3, -0.25) is 14.9 Å². The molecule has 1 saturated heterocycles. The number of likely N-dealkylation sites (tertiary alicyclic amines) is 1. The molecule has 2 aliphatic heterocycles. The summed E-state index contributed by atoms with van der Waals surface area (Å²) in [5.74, 6) is -2.13. The third kappa shape index (κ3) is 5.37. The molecule has 202 valence electrons. The van der Waals surface area contributed by atoms with Gasteiger partial charge in [-0.2, -0.15) is 0 Å². The molecule has 1 unspecified atom stereocenters. The zero-order chi connectivity index (χ0) is 27.7. The maximum atomic E-state index is 15.3. The molecule has 2 aliphatic rings. The number of ether oxygens (including phenoxy) is 1. The van der Waals surface area contributed by atoms with E-state index in [-0.39, 0.29) is 35.7 Å². The van der Waals surface area contributed by atoms with Crippen molar-refractivity contribution in [3.05, 3.63) is 94.0 Å². The van der Waals surface area contributed by atoms with Gasteiger partial charge in [-0.05, 0) is 66.9 Å². The second-order valence-electron chi connectivity index (χ2n) is 9.63. The molecule has 8 nitrogen and oxygen atoms in total. The maximum Gasteiger partial charge on any atom is 0.412 e. The topological polar surface area (TPSA) is 114 Å². The van der Waals surface area contributed by atoms with Crippen molar-refractivity contribution >= 4 is 40.9 Å². The van der Waals surface area contributed by atoms with E-state index in [0.29, 0.717) is 29.8 Å². The van der Waals surface area contributed by atoms with Crippen molar-refractivity contribution in [1.29, 1.82) is 0 Å². The molecule has 1 spiro atoms. The molecule has 39 heavy (non-hydrogen) atoms. The number of benzene rings is 3. The molecule has 3 aromatic carbocycles. The number of hydrogen-bond acceptors (Lipinski definition) is 5. The molecule has 3 aromatic rings. The summed E-state index contributed by atoms with van der Waals surface area (Å²) in [6.07, 6.45) is -0.0198. The largest absolute Gasteiger partial charge is 0.436 e. The fraction of sp³-hybridized carbons (Fsp3) is 0.250. The van der Waals surface area contributed by atoms with E-state index in [9.17, 15) is 18.8 Å². The Balaban J connectivity index is 1.45. The molecule has 0 saturated carbocycles. The molecule has 0 aromatic heterocycles. The number of carbonyl (C=O) groups is 3. The highest BCUT2D eigenvalue weighted by molar-refractivity contribution is 6.31. The molecule has 3 amide bonds. The number of fused-ring (bicyclic) bond motifs is 2. The lowest BCUT2D eigenvalue weighted by atomic mass is 9.82. The van der Waals surface area contributed by atoms with Crippen molar-refractivity contribution in [1.82, 2.24) is 10.2 Å². The second-order valence-corrected chi connectivity index (χ2v) is 10.0. The fourth-order valence-electron chi connectivity index (χ4n) is 5.11. The van der Waals surface area contributed by atoms with Crippen LogP contribution in [0.15, 0.2) is 60.7 Å². The van der Waals surface area contributed by atoms with Crippen LogP contribution in [-0.4, -0.2) is 41.9 Å². The van der Waals surface area contributed by atoms with Gasteiger partial charge in [0.1, 0.15) is 11.9 Å². The highest BCUT2D eigenvalue weighted by atomic mass is 35.5. The molecular formula is C28H25ClF2N4O4. The number of piperidine rings is 1. The van der Waals surface area contributed by atoms with E-state index in [0.717, 1.165) is 0 Å². The Morgan fingerprint density at radius 2 is 1.82 bits per heavy atom.